The van der Waals surface area contributed by atoms with Crippen LogP contribution in [0.5, 0.6) is 0 Å². The molecule has 25 heavy (non-hydrogen) atoms. The van der Waals surface area contributed by atoms with Crippen LogP contribution in [-0.4, -0.2) is 30.6 Å². The Morgan fingerprint density at radius 1 is 1.08 bits per heavy atom. The molecule has 2 aromatic rings. The Hall–Kier alpha value is -2.82. The van der Waals surface area contributed by atoms with Gasteiger partial charge in [-0.3, -0.25) is 4.79 Å². The molecule has 0 unspecified atom stereocenters. The number of benzene rings is 2. The van der Waals surface area contributed by atoms with Gasteiger partial charge in [0.2, 0.25) is 0 Å². The fourth-order valence-electron chi connectivity index (χ4n) is 3.19. The molecule has 0 bridgehead atoms. The SMILES string of the molecule is COC(=O)N1CCc2ccc(NC(=O)c3ccc(C)cc3C)cc2C1. The van der Waals surface area contributed by atoms with Crippen LogP contribution in [0, 0.1) is 13.8 Å². The molecule has 2 amide bonds. The molecule has 1 aliphatic rings. The Bertz CT molecular complexity index is 830. The van der Waals surface area contributed by atoms with Gasteiger partial charge in [-0.05, 0) is 55.2 Å². The molecule has 5 heteroatoms. The fourth-order valence-corrected chi connectivity index (χ4v) is 3.19. The van der Waals surface area contributed by atoms with Gasteiger partial charge in [0.15, 0.2) is 0 Å². The number of hydrogen-bond donors (Lipinski definition) is 1. The molecule has 130 valence electrons. The molecule has 2 aromatic carbocycles. The first kappa shape index (κ1) is 17.0. The van der Waals surface area contributed by atoms with Crippen LogP contribution >= 0.6 is 0 Å². The third kappa shape index (κ3) is 3.65. The molecule has 3 rings (SSSR count). The van der Waals surface area contributed by atoms with Gasteiger partial charge >= 0.3 is 6.09 Å². The number of carbonyl (C=O) groups excluding carboxylic acids is 2. The van der Waals surface area contributed by atoms with Gasteiger partial charge in [-0.15, -0.1) is 0 Å². The third-order valence-corrected chi connectivity index (χ3v) is 4.54. The molecule has 0 radical (unpaired) electrons. The number of rotatable bonds is 2. The molecule has 0 saturated heterocycles. The van der Waals surface area contributed by atoms with Gasteiger partial charge < -0.3 is 15.0 Å². The lowest BCUT2D eigenvalue weighted by Crippen LogP contribution is -2.35. The fraction of sp³-hybridized carbons (Fsp3) is 0.300. The summed E-state index contributed by atoms with van der Waals surface area (Å²) in [6.45, 7) is 5.08. The molecule has 1 N–H and O–H groups in total. The van der Waals surface area contributed by atoms with E-state index in [0.717, 1.165) is 28.8 Å². The van der Waals surface area contributed by atoms with Crippen molar-refractivity contribution in [2.24, 2.45) is 0 Å². The molecular formula is C20H22N2O3. The van der Waals surface area contributed by atoms with E-state index in [-0.39, 0.29) is 12.0 Å². The highest BCUT2D eigenvalue weighted by molar-refractivity contribution is 6.05. The first-order valence-corrected chi connectivity index (χ1v) is 8.31. The predicted molar refractivity (Wildman–Crippen MR) is 96.8 cm³/mol. The number of amides is 2. The van der Waals surface area contributed by atoms with Gasteiger partial charge in [-0.25, -0.2) is 4.79 Å². The molecule has 0 aromatic heterocycles. The average Bonchev–Trinajstić information content (AvgIpc) is 2.60. The number of carbonyl (C=O) groups is 2. The summed E-state index contributed by atoms with van der Waals surface area (Å²) in [6.07, 6.45) is 0.464. The third-order valence-electron chi connectivity index (χ3n) is 4.54. The lowest BCUT2D eigenvalue weighted by atomic mass is 9.99. The maximum absolute atomic E-state index is 12.5. The van der Waals surface area contributed by atoms with E-state index in [1.165, 1.54) is 12.7 Å². The van der Waals surface area contributed by atoms with E-state index in [0.29, 0.717) is 18.7 Å². The van der Waals surface area contributed by atoms with Crippen molar-refractivity contribution in [3.8, 4) is 0 Å². The molecule has 0 atom stereocenters. The summed E-state index contributed by atoms with van der Waals surface area (Å²) in [5, 5.41) is 2.95. The van der Waals surface area contributed by atoms with E-state index in [4.69, 9.17) is 4.74 Å². The number of nitrogens with one attached hydrogen (secondary N) is 1. The Balaban J connectivity index is 1.78. The van der Waals surface area contributed by atoms with Gasteiger partial charge in [0.25, 0.3) is 5.91 Å². The summed E-state index contributed by atoms with van der Waals surface area (Å²) in [6, 6.07) is 11.6. The minimum atomic E-state index is -0.324. The van der Waals surface area contributed by atoms with Crippen LogP contribution in [0.25, 0.3) is 0 Å². The van der Waals surface area contributed by atoms with Crippen molar-refractivity contribution in [1.29, 1.82) is 0 Å². The van der Waals surface area contributed by atoms with Crippen molar-refractivity contribution in [3.05, 3.63) is 64.2 Å². The molecule has 5 nitrogen and oxygen atoms in total. The molecule has 0 spiro atoms. The first-order valence-electron chi connectivity index (χ1n) is 8.31. The Kier molecular flexibility index (Phi) is 4.74. The smallest absolute Gasteiger partial charge is 0.409 e. The molecule has 0 aliphatic carbocycles. The highest BCUT2D eigenvalue weighted by Gasteiger charge is 2.21. The van der Waals surface area contributed by atoms with E-state index < -0.39 is 0 Å². The van der Waals surface area contributed by atoms with Crippen LogP contribution in [0.15, 0.2) is 36.4 Å². The summed E-state index contributed by atoms with van der Waals surface area (Å²) in [7, 11) is 1.39. The molecule has 1 aliphatic heterocycles. The van der Waals surface area contributed by atoms with Gasteiger partial charge in [0, 0.05) is 24.3 Å². The summed E-state index contributed by atoms with van der Waals surface area (Å²) in [4.78, 5) is 25.9. The van der Waals surface area contributed by atoms with Gasteiger partial charge in [-0.2, -0.15) is 0 Å². The molecule has 0 saturated carbocycles. The zero-order valence-electron chi connectivity index (χ0n) is 14.8. The second-order valence-electron chi connectivity index (χ2n) is 6.40. The van der Waals surface area contributed by atoms with E-state index in [2.05, 4.69) is 5.32 Å². The van der Waals surface area contributed by atoms with Crippen LogP contribution in [0.4, 0.5) is 10.5 Å². The van der Waals surface area contributed by atoms with E-state index in [9.17, 15) is 9.59 Å². The minimum Gasteiger partial charge on any atom is -0.453 e. The zero-order chi connectivity index (χ0) is 18.0. The lowest BCUT2D eigenvalue weighted by molar-refractivity contribution is 0.102. The average molecular weight is 338 g/mol. The normalized spacial score (nSPS) is 13.2. The topological polar surface area (TPSA) is 58.6 Å². The quantitative estimate of drug-likeness (QED) is 0.909. The maximum atomic E-state index is 12.5. The Labute approximate surface area is 147 Å². The van der Waals surface area contributed by atoms with Crippen molar-refractivity contribution in [3.63, 3.8) is 0 Å². The number of methoxy groups -OCH3 is 1. The van der Waals surface area contributed by atoms with E-state index in [1.807, 2.05) is 50.2 Å². The minimum absolute atomic E-state index is 0.127. The second kappa shape index (κ2) is 6.97. The van der Waals surface area contributed by atoms with Crippen LogP contribution in [-0.2, 0) is 17.7 Å². The predicted octanol–water partition coefficient (Wildman–Crippen LogP) is 3.68. The van der Waals surface area contributed by atoms with E-state index in [1.54, 1.807) is 4.90 Å². The van der Waals surface area contributed by atoms with E-state index >= 15 is 0 Å². The van der Waals surface area contributed by atoms with Gasteiger partial charge in [0.05, 0.1) is 7.11 Å². The monoisotopic (exact) mass is 338 g/mol. The molecule has 0 fully saturated rings. The zero-order valence-corrected chi connectivity index (χ0v) is 14.8. The standard InChI is InChI=1S/C20H22N2O3/c1-13-4-7-18(14(2)10-13)19(23)21-17-6-5-15-8-9-22(20(24)25-3)12-16(15)11-17/h4-7,10-11H,8-9,12H2,1-3H3,(H,21,23). The first-order chi connectivity index (χ1) is 12.0. The van der Waals surface area contributed by atoms with Crippen molar-refractivity contribution < 1.29 is 14.3 Å². The van der Waals surface area contributed by atoms with Crippen molar-refractivity contribution in [1.82, 2.24) is 4.90 Å². The lowest BCUT2D eigenvalue weighted by Gasteiger charge is -2.28. The van der Waals surface area contributed by atoms with Crippen LogP contribution in [0.2, 0.25) is 0 Å². The summed E-state index contributed by atoms with van der Waals surface area (Å²) in [5.74, 6) is -0.127. The highest BCUT2D eigenvalue weighted by atomic mass is 16.5. The molecular weight excluding hydrogens is 316 g/mol. The number of nitrogens with zero attached hydrogens (tertiary/aromatic N) is 1. The summed E-state index contributed by atoms with van der Waals surface area (Å²) >= 11 is 0. The van der Waals surface area contributed by atoms with Crippen molar-refractivity contribution in [2.45, 2.75) is 26.8 Å². The number of anilines is 1. The van der Waals surface area contributed by atoms with Crippen molar-refractivity contribution in [2.75, 3.05) is 19.0 Å². The van der Waals surface area contributed by atoms with Gasteiger partial charge in [-0.1, -0.05) is 23.8 Å². The van der Waals surface area contributed by atoms with Crippen LogP contribution in [0.1, 0.15) is 32.6 Å². The number of hydrogen-bond acceptors (Lipinski definition) is 3. The van der Waals surface area contributed by atoms with Gasteiger partial charge in [0.1, 0.15) is 0 Å². The Morgan fingerprint density at radius 3 is 2.60 bits per heavy atom. The largest absolute Gasteiger partial charge is 0.453 e. The summed E-state index contributed by atoms with van der Waals surface area (Å²) in [5.41, 5.74) is 5.72. The number of fused-ring (bicyclic) bond motifs is 1. The highest BCUT2D eigenvalue weighted by Crippen LogP contribution is 2.24. The second-order valence-corrected chi connectivity index (χ2v) is 6.40. The summed E-state index contributed by atoms with van der Waals surface area (Å²) < 4.78 is 4.80. The molecule has 1 heterocycles. The Morgan fingerprint density at radius 2 is 1.88 bits per heavy atom. The maximum Gasteiger partial charge on any atom is 0.409 e. The van der Waals surface area contributed by atoms with Crippen molar-refractivity contribution >= 4 is 17.7 Å². The number of aryl methyl sites for hydroxylation is 2. The van der Waals surface area contributed by atoms with Crippen LogP contribution < -0.4 is 5.32 Å². The number of ether oxygens (including phenoxy) is 1. The van der Waals surface area contributed by atoms with Crippen LogP contribution in [0.3, 0.4) is 0 Å².